The second-order valence-electron chi connectivity index (χ2n) is 4.77. The molecule has 1 aromatic heterocycles. The van der Waals surface area contributed by atoms with E-state index in [1.54, 1.807) is 30.6 Å². The lowest BCUT2D eigenvalue weighted by molar-refractivity contribution is 0.178. The number of rotatable bonds is 3. The van der Waals surface area contributed by atoms with Crippen molar-refractivity contribution < 1.29 is 13.9 Å². The minimum atomic E-state index is -0.913. The van der Waals surface area contributed by atoms with Crippen molar-refractivity contribution in [2.45, 2.75) is 12.5 Å². The largest absolute Gasteiger partial charge is 0.388 e. The zero-order chi connectivity index (χ0) is 14.8. The number of aromatic nitrogens is 2. The van der Waals surface area contributed by atoms with Crippen molar-refractivity contribution >= 4 is 11.0 Å². The lowest BCUT2D eigenvalue weighted by atomic mass is 10.0. The molecule has 0 bridgehead atoms. The third kappa shape index (κ3) is 2.87. The van der Waals surface area contributed by atoms with Gasteiger partial charge in [0, 0.05) is 18.8 Å². The van der Waals surface area contributed by atoms with E-state index in [1.807, 2.05) is 0 Å². The van der Waals surface area contributed by atoms with Crippen LogP contribution in [0.15, 0.2) is 48.8 Å². The molecule has 0 fully saturated rings. The highest BCUT2D eigenvalue weighted by Crippen LogP contribution is 2.22. The quantitative estimate of drug-likeness (QED) is 0.804. The fourth-order valence-corrected chi connectivity index (χ4v) is 2.20. The molecule has 3 nitrogen and oxygen atoms in total. The van der Waals surface area contributed by atoms with Crippen LogP contribution in [-0.4, -0.2) is 15.1 Å². The first kappa shape index (κ1) is 13.6. The van der Waals surface area contributed by atoms with E-state index >= 15 is 0 Å². The molecule has 1 unspecified atom stereocenters. The van der Waals surface area contributed by atoms with E-state index in [2.05, 4.69) is 9.97 Å². The summed E-state index contributed by atoms with van der Waals surface area (Å²) < 4.78 is 26.0. The van der Waals surface area contributed by atoms with Gasteiger partial charge < -0.3 is 5.11 Å². The van der Waals surface area contributed by atoms with Gasteiger partial charge in [-0.05, 0) is 35.4 Å². The SMILES string of the molecule is OC(Cc1ccc(F)c(F)c1)c1ccc2nccnc2c1. The summed E-state index contributed by atoms with van der Waals surface area (Å²) in [6, 6.07) is 8.88. The molecule has 1 atom stereocenters. The number of nitrogens with zero attached hydrogens (tertiary/aromatic N) is 2. The van der Waals surface area contributed by atoms with Gasteiger partial charge in [-0.2, -0.15) is 0 Å². The van der Waals surface area contributed by atoms with Crippen molar-refractivity contribution in [3.8, 4) is 0 Å². The standard InChI is InChI=1S/C16H12F2N2O/c17-12-3-1-10(7-13(12)18)8-16(21)11-2-4-14-15(9-11)20-6-5-19-14/h1-7,9,16,21H,8H2. The molecule has 0 aliphatic carbocycles. The molecular weight excluding hydrogens is 274 g/mol. The minimum Gasteiger partial charge on any atom is -0.388 e. The smallest absolute Gasteiger partial charge is 0.159 e. The summed E-state index contributed by atoms with van der Waals surface area (Å²) in [4.78, 5) is 8.33. The van der Waals surface area contributed by atoms with Crippen molar-refractivity contribution in [1.82, 2.24) is 9.97 Å². The van der Waals surface area contributed by atoms with E-state index in [0.29, 0.717) is 16.6 Å². The Balaban J connectivity index is 1.85. The molecule has 0 radical (unpaired) electrons. The number of halogens is 2. The van der Waals surface area contributed by atoms with Crippen molar-refractivity contribution in [3.63, 3.8) is 0 Å². The van der Waals surface area contributed by atoms with Gasteiger partial charge in [-0.25, -0.2) is 8.78 Å². The lowest BCUT2D eigenvalue weighted by Crippen LogP contribution is -2.03. The Labute approximate surface area is 119 Å². The van der Waals surface area contributed by atoms with Gasteiger partial charge in [0.05, 0.1) is 17.1 Å². The highest BCUT2D eigenvalue weighted by Gasteiger charge is 2.11. The predicted molar refractivity (Wildman–Crippen MR) is 74.6 cm³/mol. The third-order valence-corrected chi connectivity index (χ3v) is 3.29. The van der Waals surface area contributed by atoms with Crippen molar-refractivity contribution in [3.05, 3.63) is 71.6 Å². The highest BCUT2D eigenvalue weighted by molar-refractivity contribution is 5.74. The molecule has 3 aromatic rings. The maximum absolute atomic E-state index is 13.2. The van der Waals surface area contributed by atoms with E-state index < -0.39 is 17.7 Å². The normalized spacial score (nSPS) is 12.5. The average molecular weight is 286 g/mol. The summed E-state index contributed by atoms with van der Waals surface area (Å²) in [5, 5.41) is 10.2. The molecule has 0 spiro atoms. The van der Waals surface area contributed by atoms with E-state index in [-0.39, 0.29) is 6.42 Å². The number of benzene rings is 2. The Hall–Kier alpha value is -2.40. The lowest BCUT2D eigenvalue weighted by Gasteiger charge is -2.12. The topological polar surface area (TPSA) is 46.0 Å². The second kappa shape index (κ2) is 5.54. The minimum absolute atomic E-state index is 0.197. The highest BCUT2D eigenvalue weighted by atomic mass is 19.2. The molecule has 21 heavy (non-hydrogen) atoms. The zero-order valence-electron chi connectivity index (χ0n) is 11.0. The van der Waals surface area contributed by atoms with Crippen LogP contribution < -0.4 is 0 Å². The summed E-state index contributed by atoms with van der Waals surface area (Å²) in [5.74, 6) is -1.81. The second-order valence-corrected chi connectivity index (χ2v) is 4.77. The van der Waals surface area contributed by atoms with Crippen LogP contribution in [0, 0.1) is 11.6 Å². The first-order valence-electron chi connectivity index (χ1n) is 6.46. The Morgan fingerprint density at radius 1 is 0.905 bits per heavy atom. The first-order valence-corrected chi connectivity index (χ1v) is 6.46. The molecule has 0 amide bonds. The zero-order valence-corrected chi connectivity index (χ0v) is 11.0. The van der Waals surface area contributed by atoms with Gasteiger partial charge in [0.2, 0.25) is 0 Å². The van der Waals surface area contributed by atoms with Crippen molar-refractivity contribution in [1.29, 1.82) is 0 Å². The molecule has 2 aromatic carbocycles. The summed E-state index contributed by atoms with van der Waals surface area (Å²) in [6.45, 7) is 0. The van der Waals surface area contributed by atoms with Crippen LogP contribution in [0.5, 0.6) is 0 Å². The van der Waals surface area contributed by atoms with E-state index in [9.17, 15) is 13.9 Å². The Kier molecular flexibility index (Phi) is 3.58. The number of hydrogen-bond acceptors (Lipinski definition) is 3. The molecular formula is C16H12F2N2O. The van der Waals surface area contributed by atoms with Crippen LogP contribution in [0.4, 0.5) is 8.78 Å². The monoisotopic (exact) mass is 286 g/mol. The van der Waals surface area contributed by atoms with Gasteiger partial charge in [-0.3, -0.25) is 9.97 Å². The van der Waals surface area contributed by atoms with Crippen LogP contribution >= 0.6 is 0 Å². The molecule has 0 aliphatic rings. The summed E-state index contributed by atoms with van der Waals surface area (Å²) >= 11 is 0. The number of hydrogen-bond donors (Lipinski definition) is 1. The molecule has 0 saturated heterocycles. The molecule has 0 saturated carbocycles. The van der Waals surface area contributed by atoms with Gasteiger partial charge >= 0.3 is 0 Å². The molecule has 0 aliphatic heterocycles. The van der Waals surface area contributed by atoms with Gasteiger partial charge in [-0.1, -0.05) is 12.1 Å². The number of aliphatic hydroxyl groups excluding tert-OH is 1. The van der Waals surface area contributed by atoms with Crippen LogP contribution in [0.3, 0.4) is 0 Å². The van der Waals surface area contributed by atoms with E-state index in [4.69, 9.17) is 0 Å². The summed E-state index contributed by atoms with van der Waals surface area (Å²) in [6.07, 6.45) is 2.55. The summed E-state index contributed by atoms with van der Waals surface area (Å²) in [5.41, 5.74) is 2.61. The number of aliphatic hydroxyl groups is 1. The van der Waals surface area contributed by atoms with Gasteiger partial charge in [0.15, 0.2) is 11.6 Å². The predicted octanol–water partition coefficient (Wildman–Crippen LogP) is 3.18. The molecule has 1 N–H and O–H groups in total. The molecule has 1 heterocycles. The van der Waals surface area contributed by atoms with Gasteiger partial charge in [-0.15, -0.1) is 0 Å². The third-order valence-electron chi connectivity index (χ3n) is 3.29. The molecule has 5 heteroatoms. The van der Waals surface area contributed by atoms with E-state index in [1.165, 1.54) is 6.07 Å². The Morgan fingerprint density at radius 2 is 1.67 bits per heavy atom. The maximum Gasteiger partial charge on any atom is 0.159 e. The Morgan fingerprint density at radius 3 is 2.43 bits per heavy atom. The van der Waals surface area contributed by atoms with Crippen LogP contribution in [0.25, 0.3) is 11.0 Å². The van der Waals surface area contributed by atoms with Crippen LogP contribution in [0.2, 0.25) is 0 Å². The van der Waals surface area contributed by atoms with Crippen molar-refractivity contribution in [2.24, 2.45) is 0 Å². The van der Waals surface area contributed by atoms with Crippen molar-refractivity contribution in [2.75, 3.05) is 0 Å². The number of fused-ring (bicyclic) bond motifs is 1. The van der Waals surface area contributed by atoms with Gasteiger partial charge in [0.1, 0.15) is 0 Å². The Bertz CT molecular complexity index is 792. The summed E-state index contributed by atoms with van der Waals surface area (Å²) in [7, 11) is 0. The van der Waals surface area contributed by atoms with Gasteiger partial charge in [0.25, 0.3) is 0 Å². The maximum atomic E-state index is 13.2. The molecule has 3 rings (SSSR count). The van der Waals surface area contributed by atoms with E-state index in [0.717, 1.165) is 17.6 Å². The van der Waals surface area contributed by atoms with Crippen LogP contribution in [-0.2, 0) is 6.42 Å². The first-order chi connectivity index (χ1) is 10.1. The fourth-order valence-electron chi connectivity index (χ4n) is 2.20. The average Bonchev–Trinajstić information content (AvgIpc) is 2.50. The molecule has 106 valence electrons. The van der Waals surface area contributed by atoms with Crippen LogP contribution in [0.1, 0.15) is 17.2 Å². The fraction of sp³-hybridized carbons (Fsp3) is 0.125.